The Morgan fingerprint density at radius 2 is 1.76 bits per heavy atom. The largest absolute Gasteiger partial charge is 0.424 e. The van der Waals surface area contributed by atoms with Crippen molar-refractivity contribution in [3.63, 3.8) is 0 Å². The molecule has 2 unspecified atom stereocenters. The van der Waals surface area contributed by atoms with Gasteiger partial charge in [-0.05, 0) is 49.4 Å². The Balaban J connectivity index is 1.33. The van der Waals surface area contributed by atoms with Crippen molar-refractivity contribution in [3.8, 4) is 17.0 Å². The number of amides is 2. The third-order valence-corrected chi connectivity index (χ3v) is 5.65. The van der Waals surface area contributed by atoms with Gasteiger partial charge in [0.2, 0.25) is 0 Å². The minimum atomic E-state index is -0.532. The first-order valence-corrected chi connectivity index (χ1v) is 11.3. The van der Waals surface area contributed by atoms with E-state index in [0.29, 0.717) is 17.2 Å². The number of rotatable bonds is 7. The van der Waals surface area contributed by atoms with Crippen LogP contribution in [0.3, 0.4) is 0 Å². The lowest BCUT2D eigenvalue weighted by atomic mass is 9.87. The molecule has 0 spiro atoms. The number of ether oxygens (including phenoxy) is 1. The Bertz CT molecular complexity index is 1150. The average Bonchev–Trinajstić information content (AvgIpc) is 2.86. The fourth-order valence-corrected chi connectivity index (χ4v) is 3.82. The highest BCUT2D eigenvalue weighted by atomic mass is 16.5. The van der Waals surface area contributed by atoms with Crippen molar-refractivity contribution in [2.75, 3.05) is 10.6 Å². The molecule has 3 aromatic rings. The number of urea groups is 1. The number of benzene rings is 2. The number of nitrogens with one attached hydrogen (secondary N) is 2. The molecule has 4 rings (SSSR count). The molecule has 2 amide bonds. The van der Waals surface area contributed by atoms with Crippen molar-refractivity contribution in [2.45, 2.75) is 31.7 Å². The minimum absolute atomic E-state index is 0.113. The molecule has 4 N–H and O–H groups in total. The molecule has 2 atom stereocenters. The predicted octanol–water partition coefficient (Wildman–Crippen LogP) is 4.77. The summed E-state index contributed by atoms with van der Waals surface area (Å²) in [6, 6.07) is 19.0. The Morgan fingerprint density at radius 3 is 2.50 bits per heavy atom. The minimum Gasteiger partial charge on any atom is -0.424 e. The third kappa shape index (κ3) is 6.26. The fraction of sp³-hybridized carbons (Fsp3) is 0.231. The van der Waals surface area contributed by atoms with E-state index in [0.717, 1.165) is 24.8 Å². The first-order valence-electron chi connectivity index (χ1n) is 11.3. The molecule has 34 heavy (non-hydrogen) atoms. The maximum Gasteiger partial charge on any atom is 0.325 e. The molecule has 0 saturated carbocycles. The number of carbonyl (C=O) groups is 2. The molecule has 1 aromatic heterocycles. The van der Waals surface area contributed by atoms with Gasteiger partial charge in [0.25, 0.3) is 0 Å². The Morgan fingerprint density at radius 1 is 0.971 bits per heavy atom. The van der Waals surface area contributed by atoms with Gasteiger partial charge < -0.3 is 15.8 Å². The van der Waals surface area contributed by atoms with Gasteiger partial charge in [-0.25, -0.2) is 4.79 Å². The van der Waals surface area contributed by atoms with Gasteiger partial charge in [0, 0.05) is 11.6 Å². The van der Waals surface area contributed by atoms with E-state index >= 15 is 0 Å². The molecule has 0 bridgehead atoms. The summed E-state index contributed by atoms with van der Waals surface area (Å²) in [4.78, 5) is 25.0. The maximum absolute atomic E-state index is 12.5. The quantitative estimate of drug-likeness (QED) is 0.267. The number of carbonyl (C=O) groups excluding carboxylic acids is 2. The fourth-order valence-electron chi connectivity index (χ4n) is 3.82. The topological polar surface area (TPSA) is 119 Å². The summed E-state index contributed by atoms with van der Waals surface area (Å²) in [6.07, 6.45) is 7.19. The van der Waals surface area contributed by atoms with Crippen LogP contribution in [0.5, 0.6) is 5.75 Å². The average molecular weight is 458 g/mol. The molecular weight excluding hydrogens is 430 g/mol. The van der Waals surface area contributed by atoms with Crippen molar-refractivity contribution >= 4 is 23.5 Å². The second-order valence-corrected chi connectivity index (χ2v) is 8.13. The van der Waals surface area contributed by atoms with Crippen LogP contribution in [0, 0.1) is 5.92 Å². The highest BCUT2D eigenvalue weighted by Gasteiger charge is 2.22. The van der Waals surface area contributed by atoms with Gasteiger partial charge in [-0.3, -0.25) is 10.1 Å². The SMILES string of the molecule is NC(CC(=O)Oc1ccccc1NC(=O)Nc1ccc(-c2ccccc2)nn1)C1CC=CCC1. The smallest absolute Gasteiger partial charge is 0.325 e. The lowest BCUT2D eigenvalue weighted by Crippen LogP contribution is -2.34. The number of aromatic nitrogens is 2. The van der Waals surface area contributed by atoms with Crippen LogP contribution in [0.4, 0.5) is 16.3 Å². The van der Waals surface area contributed by atoms with Crippen LogP contribution in [0.1, 0.15) is 25.7 Å². The number of para-hydroxylation sites is 2. The van der Waals surface area contributed by atoms with Gasteiger partial charge in [-0.1, -0.05) is 54.6 Å². The van der Waals surface area contributed by atoms with Crippen LogP contribution >= 0.6 is 0 Å². The van der Waals surface area contributed by atoms with E-state index in [-0.39, 0.29) is 24.1 Å². The molecular formula is C26H27N5O3. The molecule has 0 saturated heterocycles. The van der Waals surface area contributed by atoms with Crippen LogP contribution in [0.15, 0.2) is 78.9 Å². The second-order valence-electron chi connectivity index (χ2n) is 8.13. The number of nitrogens with two attached hydrogens (primary N) is 1. The van der Waals surface area contributed by atoms with E-state index in [9.17, 15) is 9.59 Å². The van der Waals surface area contributed by atoms with Gasteiger partial charge >= 0.3 is 12.0 Å². The third-order valence-electron chi connectivity index (χ3n) is 5.65. The van der Waals surface area contributed by atoms with Gasteiger partial charge in [0.1, 0.15) is 0 Å². The van der Waals surface area contributed by atoms with Gasteiger partial charge in [-0.15, -0.1) is 10.2 Å². The Labute approximate surface area is 198 Å². The molecule has 0 radical (unpaired) electrons. The first-order chi connectivity index (χ1) is 16.6. The Hall–Kier alpha value is -4.04. The summed E-state index contributed by atoms with van der Waals surface area (Å²) in [5.41, 5.74) is 8.22. The lowest BCUT2D eigenvalue weighted by molar-refractivity contribution is -0.135. The van der Waals surface area contributed by atoms with E-state index in [1.54, 1.807) is 36.4 Å². The number of allylic oxidation sites excluding steroid dienone is 2. The van der Waals surface area contributed by atoms with Crippen molar-refractivity contribution < 1.29 is 14.3 Å². The van der Waals surface area contributed by atoms with Gasteiger partial charge in [0.05, 0.1) is 17.8 Å². The summed E-state index contributed by atoms with van der Waals surface area (Å²) < 4.78 is 5.52. The van der Waals surface area contributed by atoms with Crippen LogP contribution < -0.4 is 21.1 Å². The summed E-state index contributed by atoms with van der Waals surface area (Å²) >= 11 is 0. The zero-order chi connectivity index (χ0) is 23.8. The number of anilines is 2. The van der Waals surface area contributed by atoms with E-state index in [1.165, 1.54) is 0 Å². The van der Waals surface area contributed by atoms with Crippen molar-refractivity contribution in [3.05, 3.63) is 78.9 Å². The number of hydrogen-bond donors (Lipinski definition) is 3. The van der Waals surface area contributed by atoms with E-state index < -0.39 is 12.0 Å². The molecule has 8 heteroatoms. The lowest BCUT2D eigenvalue weighted by Gasteiger charge is -2.24. The summed E-state index contributed by atoms with van der Waals surface area (Å²) in [5.74, 6) is 0.383. The number of esters is 1. The summed E-state index contributed by atoms with van der Waals surface area (Å²) in [5, 5.41) is 13.5. The molecule has 2 aromatic carbocycles. The van der Waals surface area contributed by atoms with Crippen molar-refractivity contribution in [1.82, 2.24) is 10.2 Å². The molecule has 1 heterocycles. The highest BCUT2D eigenvalue weighted by molar-refractivity contribution is 6.00. The molecule has 0 aliphatic heterocycles. The highest BCUT2D eigenvalue weighted by Crippen LogP contribution is 2.26. The standard InChI is InChI=1S/C26H27N5O3/c27-20(18-9-3-1-4-10-18)17-25(32)34-23-14-8-7-13-22(23)28-26(33)29-24-16-15-21(30-31-24)19-11-5-2-6-12-19/h1-3,5-8,11-16,18,20H,4,9-10,17,27H2,(H2,28,29,31,33). The van der Waals surface area contributed by atoms with Crippen molar-refractivity contribution in [1.29, 1.82) is 0 Å². The number of hydrogen-bond acceptors (Lipinski definition) is 6. The van der Waals surface area contributed by atoms with Crippen LogP contribution in [-0.4, -0.2) is 28.2 Å². The molecule has 1 aliphatic carbocycles. The van der Waals surface area contributed by atoms with Gasteiger partial charge in [-0.2, -0.15) is 0 Å². The molecule has 1 aliphatic rings. The van der Waals surface area contributed by atoms with Crippen molar-refractivity contribution in [2.24, 2.45) is 11.7 Å². The van der Waals surface area contributed by atoms with E-state index in [1.807, 2.05) is 30.3 Å². The molecule has 174 valence electrons. The normalized spacial score (nSPS) is 15.9. The predicted molar refractivity (Wildman–Crippen MR) is 131 cm³/mol. The van der Waals surface area contributed by atoms with Crippen LogP contribution in [0.2, 0.25) is 0 Å². The second kappa shape index (κ2) is 11.2. The van der Waals surface area contributed by atoms with E-state index in [2.05, 4.69) is 33.0 Å². The first kappa shape index (κ1) is 23.1. The van der Waals surface area contributed by atoms with Crippen LogP contribution in [0.25, 0.3) is 11.3 Å². The number of nitrogens with zero attached hydrogens (tertiary/aromatic N) is 2. The summed E-state index contributed by atoms with van der Waals surface area (Å²) in [7, 11) is 0. The Kier molecular flexibility index (Phi) is 7.62. The van der Waals surface area contributed by atoms with Crippen LogP contribution in [-0.2, 0) is 4.79 Å². The molecule has 0 fully saturated rings. The van der Waals surface area contributed by atoms with Gasteiger partial charge in [0.15, 0.2) is 11.6 Å². The molecule has 8 nitrogen and oxygen atoms in total. The summed E-state index contributed by atoms with van der Waals surface area (Å²) in [6.45, 7) is 0. The maximum atomic E-state index is 12.5. The zero-order valence-electron chi connectivity index (χ0n) is 18.7. The van der Waals surface area contributed by atoms with E-state index in [4.69, 9.17) is 10.5 Å². The monoisotopic (exact) mass is 457 g/mol. The zero-order valence-corrected chi connectivity index (χ0v) is 18.7.